The molecule has 0 unspecified atom stereocenters. The van der Waals surface area contributed by atoms with Crippen LogP contribution < -0.4 is 10.5 Å². The Morgan fingerprint density at radius 1 is 1.26 bits per heavy atom. The van der Waals surface area contributed by atoms with E-state index < -0.39 is 22.7 Å². The molecule has 0 spiro atoms. The van der Waals surface area contributed by atoms with Crippen molar-refractivity contribution >= 4 is 28.8 Å². The summed E-state index contributed by atoms with van der Waals surface area (Å²) >= 11 is 1.18. The molecule has 0 heterocycles. The second kappa shape index (κ2) is 9.03. The van der Waals surface area contributed by atoms with Gasteiger partial charge in [-0.1, -0.05) is 42.1 Å². The minimum Gasteiger partial charge on any atom is -0.405 e. The van der Waals surface area contributed by atoms with E-state index in [1.165, 1.54) is 11.8 Å². The van der Waals surface area contributed by atoms with Gasteiger partial charge in [0.15, 0.2) is 5.17 Å². The molecule has 0 aliphatic heterocycles. The van der Waals surface area contributed by atoms with Crippen molar-refractivity contribution in [2.75, 3.05) is 0 Å². The first-order valence-electron chi connectivity index (χ1n) is 7.32. The lowest BCUT2D eigenvalue weighted by atomic mass is 10.2. The summed E-state index contributed by atoms with van der Waals surface area (Å²) in [4.78, 5) is 10.1. The highest BCUT2D eigenvalue weighted by molar-refractivity contribution is 8.13. The quantitative estimate of drug-likeness (QED) is 0.342. The van der Waals surface area contributed by atoms with Gasteiger partial charge in [0.1, 0.15) is 5.75 Å². The van der Waals surface area contributed by atoms with Gasteiger partial charge in [-0.15, -0.1) is 18.3 Å². The van der Waals surface area contributed by atoms with Gasteiger partial charge in [-0.05, 0) is 11.6 Å². The Hall–Kier alpha value is -3.08. The van der Waals surface area contributed by atoms with E-state index in [2.05, 4.69) is 14.9 Å². The molecular formula is C16H13F3N4O3S. The molecule has 11 heteroatoms. The van der Waals surface area contributed by atoms with E-state index in [0.717, 1.165) is 30.0 Å². The number of ether oxygens (including phenoxy) is 1. The number of hydrogen-bond acceptors (Lipinski definition) is 6. The van der Waals surface area contributed by atoms with Gasteiger partial charge in [0.05, 0.1) is 11.1 Å². The lowest BCUT2D eigenvalue weighted by Crippen LogP contribution is -2.18. The van der Waals surface area contributed by atoms with Crippen LogP contribution in [0, 0.1) is 10.1 Å². The Kier molecular flexibility index (Phi) is 6.77. The van der Waals surface area contributed by atoms with Crippen LogP contribution in [0.5, 0.6) is 5.75 Å². The Labute approximate surface area is 155 Å². The highest BCUT2D eigenvalue weighted by atomic mass is 32.2. The van der Waals surface area contributed by atoms with Gasteiger partial charge in [-0.2, -0.15) is 5.10 Å². The fourth-order valence-electron chi connectivity index (χ4n) is 1.88. The van der Waals surface area contributed by atoms with Gasteiger partial charge in [0.2, 0.25) is 0 Å². The molecule has 0 amide bonds. The van der Waals surface area contributed by atoms with Crippen LogP contribution in [-0.2, 0) is 5.75 Å². The van der Waals surface area contributed by atoms with Gasteiger partial charge in [0, 0.05) is 23.4 Å². The number of non-ortho nitro benzene ring substituents is 1. The highest BCUT2D eigenvalue weighted by Crippen LogP contribution is 2.28. The number of nitro benzene ring substituents is 1. The Morgan fingerprint density at radius 3 is 2.59 bits per heavy atom. The molecule has 0 saturated heterocycles. The van der Waals surface area contributed by atoms with E-state index >= 15 is 0 Å². The lowest BCUT2D eigenvalue weighted by Gasteiger charge is -2.10. The second-order valence-corrected chi connectivity index (χ2v) is 5.98. The molecular weight excluding hydrogens is 385 g/mol. The van der Waals surface area contributed by atoms with Crippen molar-refractivity contribution in [1.82, 2.24) is 0 Å². The first kappa shape index (κ1) is 20.2. The minimum atomic E-state index is -4.95. The van der Waals surface area contributed by atoms with Crippen molar-refractivity contribution < 1.29 is 22.8 Å². The summed E-state index contributed by atoms with van der Waals surface area (Å²) in [7, 11) is 0. The maximum absolute atomic E-state index is 12.4. The molecule has 0 fully saturated rings. The maximum Gasteiger partial charge on any atom is 0.573 e. The molecule has 0 bridgehead atoms. The molecule has 0 aliphatic rings. The van der Waals surface area contributed by atoms with Crippen molar-refractivity contribution in [3.63, 3.8) is 0 Å². The van der Waals surface area contributed by atoms with Gasteiger partial charge < -0.3 is 10.5 Å². The monoisotopic (exact) mass is 398 g/mol. The number of hydrogen-bond donors (Lipinski definition) is 1. The van der Waals surface area contributed by atoms with E-state index in [1.807, 2.05) is 30.3 Å². The number of nitrogens with two attached hydrogens (primary N) is 1. The van der Waals surface area contributed by atoms with Crippen molar-refractivity contribution in [2.24, 2.45) is 15.9 Å². The number of rotatable bonds is 6. The largest absolute Gasteiger partial charge is 0.573 e. The zero-order chi connectivity index (χ0) is 19.9. The smallest absolute Gasteiger partial charge is 0.405 e. The van der Waals surface area contributed by atoms with Crippen LogP contribution in [0.25, 0.3) is 0 Å². The SMILES string of the molecule is NC(=NN=Cc1cc([N+](=O)[O-])ccc1OC(F)(F)F)SCc1ccccc1. The van der Waals surface area contributed by atoms with Crippen molar-refractivity contribution in [2.45, 2.75) is 12.1 Å². The van der Waals surface area contributed by atoms with Crippen LogP contribution in [-0.4, -0.2) is 22.7 Å². The summed E-state index contributed by atoms with van der Waals surface area (Å²) in [6, 6.07) is 12.0. The highest BCUT2D eigenvalue weighted by Gasteiger charge is 2.32. The van der Waals surface area contributed by atoms with Gasteiger partial charge >= 0.3 is 6.36 Å². The molecule has 2 aromatic rings. The van der Waals surface area contributed by atoms with E-state index in [0.29, 0.717) is 5.75 Å². The number of nitrogens with zero attached hydrogens (tertiary/aromatic N) is 3. The third kappa shape index (κ3) is 6.98. The maximum atomic E-state index is 12.4. The van der Waals surface area contributed by atoms with Crippen LogP contribution in [0.3, 0.4) is 0 Å². The first-order chi connectivity index (χ1) is 12.7. The molecule has 7 nitrogen and oxygen atoms in total. The first-order valence-corrected chi connectivity index (χ1v) is 8.30. The standard InChI is InChI=1S/C16H13F3N4O3S/c17-16(18,19)26-14-7-6-13(23(24)25)8-12(14)9-21-22-15(20)27-10-11-4-2-1-3-5-11/h1-9H,10H2,(H2,20,22). The van der Waals surface area contributed by atoms with Crippen LogP contribution in [0.1, 0.15) is 11.1 Å². The molecule has 0 radical (unpaired) electrons. The minimum absolute atomic E-state index is 0.0822. The van der Waals surface area contributed by atoms with Crippen LogP contribution in [0.15, 0.2) is 58.7 Å². The molecule has 2 aromatic carbocycles. The van der Waals surface area contributed by atoms with E-state index in [-0.39, 0.29) is 10.7 Å². The molecule has 0 aromatic heterocycles. The molecule has 2 N–H and O–H groups in total. The number of benzene rings is 2. The fraction of sp³-hybridized carbons (Fsp3) is 0.125. The molecule has 0 atom stereocenters. The van der Waals surface area contributed by atoms with Crippen molar-refractivity contribution in [1.29, 1.82) is 0 Å². The number of amidine groups is 1. The second-order valence-electron chi connectivity index (χ2n) is 4.98. The summed E-state index contributed by atoms with van der Waals surface area (Å²) in [5, 5.41) is 18.1. The summed E-state index contributed by atoms with van der Waals surface area (Å²) in [6.07, 6.45) is -4.05. The average Bonchev–Trinajstić information content (AvgIpc) is 2.60. The Morgan fingerprint density at radius 2 is 1.96 bits per heavy atom. The normalized spacial score (nSPS) is 12.3. The number of alkyl halides is 3. The van der Waals surface area contributed by atoms with Gasteiger partial charge in [-0.25, -0.2) is 0 Å². The predicted molar refractivity (Wildman–Crippen MR) is 96.7 cm³/mol. The third-order valence-electron chi connectivity index (χ3n) is 3.01. The zero-order valence-electron chi connectivity index (χ0n) is 13.6. The summed E-state index contributed by atoms with van der Waals surface area (Å²) in [5.41, 5.74) is 6.01. The summed E-state index contributed by atoms with van der Waals surface area (Å²) in [6.45, 7) is 0. The number of thioether (sulfide) groups is 1. The fourth-order valence-corrected chi connectivity index (χ4v) is 2.49. The lowest BCUT2D eigenvalue weighted by molar-refractivity contribution is -0.385. The van der Waals surface area contributed by atoms with Gasteiger partial charge in [-0.3, -0.25) is 10.1 Å². The van der Waals surface area contributed by atoms with E-state index in [4.69, 9.17) is 5.73 Å². The molecule has 27 heavy (non-hydrogen) atoms. The zero-order valence-corrected chi connectivity index (χ0v) is 14.4. The van der Waals surface area contributed by atoms with Crippen LogP contribution >= 0.6 is 11.8 Å². The summed E-state index contributed by atoms with van der Waals surface area (Å²) in [5.74, 6) is -0.104. The van der Waals surface area contributed by atoms with E-state index in [9.17, 15) is 23.3 Å². The van der Waals surface area contributed by atoms with Crippen molar-refractivity contribution in [3.05, 3.63) is 69.8 Å². The molecule has 2 rings (SSSR count). The van der Waals surface area contributed by atoms with Crippen LogP contribution in [0.2, 0.25) is 0 Å². The summed E-state index contributed by atoms with van der Waals surface area (Å²) < 4.78 is 41.2. The number of nitro groups is 1. The molecule has 0 aliphatic carbocycles. The molecule has 0 saturated carbocycles. The molecule has 142 valence electrons. The van der Waals surface area contributed by atoms with E-state index in [1.54, 1.807) is 0 Å². The Balaban J connectivity index is 2.13. The van der Waals surface area contributed by atoms with Crippen LogP contribution in [0.4, 0.5) is 18.9 Å². The predicted octanol–water partition coefficient (Wildman–Crippen LogP) is 4.08. The van der Waals surface area contributed by atoms with Crippen molar-refractivity contribution in [3.8, 4) is 5.75 Å². The third-order valence-corrected chi connectivity index (χ3v) is 3.87. The number of halogens is 3. The topological polar surface area (TPSA) is 103 Å². The van der Waals surface area contributed by atoms with Gasteiger partial charge in [0.25, 0.3) is 5.69 Å². The average molecular weight is 398 g/mol. The Bertz CT molecular complexity index is 858.